The molecule has 0 amide bonds. The van der Waals surface area contributed by atoms with Crippen LogP contribution in [0.4, 0.5) is 20.4 Å². The average molecular weight is 416 g/mol. The lowest BCUT2D eigenvalue weighted by Crippen LogP contribution is -2.38. The van der Waals surface area contributed by atoms with Gasteiger partial charge in [0.2, 0.25) is 0 Å². The number of nitrogens with zero attached hydrogens (tertiary/aromatic N) is 5. The Morgan fingerprint density at radius 2 is 1.97 bits per heavy atom. The predicted molar refractivity (Wildman–Crippen MR) is 105 cm³/mol. The first-order chi connectivity index (χ1) is 14.4. The second-order valence-corrected chi connectivity index (χ2v) is 7.46. The minimum Gasteiger partial charge on any atom is -0.390 e. The second-order valence-electron chi connectivity index (χ2n) is 7.46. The van der Waals surface area contributed by atoms with Crippen LogP contribution < -0.4 is 5.32 Å². The number of aromatic nitrogens is 5. The van der Waals surface area contributed by atoms with Crippen LogP contribution in [-0.2, 0) is 0 Å². The third-order valence-corrected chi connectivity index (χ3v) is 5.16. The van der Waals surface area contributed by atoms with E-state index < -0.39 is 18.6 Å². The van der Waals surface area contributed by atoms with Crippen LogP contribution >= 0.6 is 0 Å². The Morgan fingerprint density at radius 1 is 1.13 bits per heavy atom. The molecule has 0 bridgehead atoms. The molecule has 0 aliphatic heterocycles. The smallest absolute Gasteiger partial charge is 0.264 e. The molecule has 1 aliphatic carbocycles. The first kappa shape index (κ1) is 20.3. The van der Waals surface area contributed by atoms with Crippen molar-refractivity contribution in [3.05, 3.63) is 47.8 Å². The van der Waals surface area contributed by atoms with Gasteiger partial charge in [0.1, 0.15) is 23.4 Å². The van der Waals surface area contributed by atoms with Gasteiger partial charge in [0.05, 0.1) is 24.0 Å². The zero-order chi connectivity index (χ0) is 21.3. The van der Waals surface area contributed by atoms with Gasteiger partial charge in [-0.25, -0.2) is 23.4 Å². The molecule has 0 saturated heterocycles. The number of hydrogen-bond donors (Lipinski definition) is 3. The molecule has 2 unspecified atom stereocenters. The van der Waals surface area contributed by atoms with E-state index in [1.54, 1.807) is 16.9 Å². The molecule has 3 heterocycles. The van der Waals surface area contributed by atoms with Crippen molar-refractivity contribution in [2.45, 2.75) is 50.9 Å². The van der Waals surface area contributed by atoms with E-state index in [2.05, 4.69) is 25.6 Å². The van der Waals surface area contributed by atoms with Crippen LogP contribution in [0.5, 0.6) is 0 Å². The fraction of sp³-hybridized carbons (Fsp3) is 0.400. The maximum Gasteiger partial charge on any atom is 0.264 e. The summed E-state index contributed by atoms with van der Waals surface area (Å²) in [6.07, 6.45) is 0.793. The number of hydrogen-bond acceptors (Lipinski definition) is 7. The maximum atomic E-state index is 12.9. The molecular weight excluding hydrogens is 394 g/mol. The maximum absolute atomic E-state index is 12.9. The van der Waals surface area contributed by atoms with Gasteiger partial charge in [-0.3, -0.25) is 0 Å². The summed E-state index contributed by atoms with van der Waals surface area (Å²) in [5.41, 5.74) is 1.80. The number of aliphatic hydroxyl groups excluding tert-OH is 2. The van der Waals surface area contributed by atoms with Crippen LogP contribution in [0.1, 0.15) is 42.9 Å². The fourth-order valence-electron chi connectivity index (χ4n) is 3.62. The summed E-state index contributed by atoms with van der Waals surface area (Å²) in [4.78, 5) is 8.56. The van der Waals surface area contributed by atoms with Crippen LogP contribution in [0.25, 0.3) is 11.4 Å². The predicted octanol–water partition coefficient (Wildman–Crippen LogP) is 3.17. The minimum absolute atomic E-state index is 0.128. The second kappa shape index (κ2) is 8.41. The van der Waals surface area contributed by atoms with E-state index in [9.17, 15) is 19.0 Å². The van der Waals surface area contributed by atoms with E-state index in [4.69, 9.17) is 0 Å². The number of nitrogens with one attached hydrogen (secondary N) is 1. The highest BCUT2D eigenvalue weighted by Crippen LogP contribution is 2.30. The van der Waals surface area contributed by atoms with Crippen molar-refractivity contribution in [3.8, 4) is 11.4 Å². The molecular formula is C20H22F2N6O2. The molecule has 0 radical (unpaired) electrons. The number of pyridine rings is 2. The SMILES string of the molecule is Cc1cc(Nc2cc(C(F)F)ccn2)nc(-c2cn(C3CCC[C@@H](O)C3O)nn2)c1. The van der Waals surface area contributed by atoms with Crippen molar-refractivity contribution in [2.24, 2.45) is 0 Å². The topological polar surface area (TPSA) is 109 Å². The van der Waals surface area contributed by atoms with Gasteiger partial charge in [0, 0.05) is 11.8 Å². The molecule has 10 heteroatoms. The summed E-state index contributed by atoms with van der Waals surface area (Å²) in [5.74, 6) is 0.700. The standard InChI is InChI=1S/C20H22F2N6O2/c1-11-7-13(14-10-28(27-26-14)15-3-2-4-16(29)19(15)30)24-18(8-11)25-17-9-12(20(21)22)5-6-23-17/h5-10,15-16,19-20,29-30H,2-4H2,1H3,(H,23,24,25)/t15?,16-,19?/m1/s1. The summed E-state index contributed by atoms with van der Waals surface area (Å²) in [5, 5.41) is 31.4. The highest BCUT2D eigenvalue weighted by atomic mass is 19.3. The first-order valence-corrected chi connectivity index (χ1v) is 9.69. The lowest BCUT2D eigenvalue weighted by molar-refractivity contribution is -0.0429. The van der Waals surface area contributed by atoms with Crippen molar-refractivity contribution >= 4 is 11.6 Å². The third-order valence-electron chi connectivity index (χ3n) is 5.16. The normalized spacial score (nSPS) is 21.7. The Labute approximate surface area is 171 Å². The van der Waals surface area contributed by atoms with Gasteiger partial charge in [-0.1, -0.05) is 5.21 Å². The Bertz CT molecular complexity index is 1030. The average Bonchev–Trinajstić information content (AvgIpc) is 3.20. The van der Waals surface area contributed by atoms with Gasteiger partial charge < -0.3 is 15.5 Å². The molecule has 8 nitrogen and oxygen atoms in total. The number of rotatable bonds is 5. The van der Waals surface area contributed by atoms with Gasteiger partial charge in [0.25, 0.3) is 6.43 Å². The van der Waals surface area contributed by atoms with Crippen molar-refractivity contribution in [3.63, 3.8) is 0 Å². The largest absolute Gasteiger partial charge is 0.390 e. The van der Waals surface area contributed by atoms with Crippen LogP contribution in [-0.4, -0.2) is 47.4 Å². The summed E-state index contributed by atoms with van der Waals surface area (Å²) >= 11 is 0. The first-order valence-electron chi connectivity index (χ1n) is 9.69. The third kappa shape index (κ3) is 4.29. The summed E-state index contributed by atoms with van der Waals surface area (Å²) in [6, 6.07) is 5.79. The van der Waals surface area contributed by atoms with Crippen molar-refractivity contribution in [1.29, 1.82) is 0 Å². The Morgan fingerprint density at radius 3 is 2.77 bits per heavy atom. The minimum atomic E-state index is -2.58. The molecule has 30 heavy (non-hydrogen) atoms. The van der Waals surface area contributed by atoms with E-state index in [-0.39, 0.29) is 17.4 Å². The Hall–Kier alpha value is -2.98. The van der Waals surface area contributed by atoms with Crippen LogP contribution in [0.15, 0.2) is 36.7 Å². The fourth-order valence-corrected chi connectivity index (χ4v) is 3.62. The number of halogens is 2. The molecule has 158 valence electrons. The molecule has 3 aromatic heterocycles. The number of anilines is 2. The molecule has 3 atom stereocenters. The van der Waals surface area contributed by atoms with Crippen molar-refractivity contribution in [1.82, 2.24) is 25.0 Å². The van der Waals surface area contributed by atoms with Crippen LogP contribution in [0, 0.1) is 6.92 Å². The van der Waals surface area contributed by atoms with Gasteiger partial charge in [-0.05, 0) is 56.0 Å². The number of alkyl halides is 2. The van der Waals surface area contributed by atoms with E-state index in [0.29, 0.717) is 30.0 Å². The molecule has 4 rings (SSSR count). The Balaban J connectivity index is 1.58. The highest BCUT2D eigenvalue weighted by molar-refractivity contribution is 5.61. The van der Waals surface area contributed by atoms with Crippen LogP contribution in [0.3, 0.4) is 0 Å². The van der Waals surface area contributed by atoms with Gasteiger partial charge in [-0.15, -0.1) is 5.10 Å². The lowest BCUT2D eigenvalue weighted by atomic mass is 9.90. The molecule has 1 aliphatic rings. The van der Waals surface area contributed by atoms with Crippen molar-refractivity contribution < 1.29 is 19.0 Å². The molecule has 0 aromatic carbocycles. The lowest BCUT2D eigenvalue weighted by Gasteiger charge is -2.31. The molecule has 1 saturated carbocycles. The monoisotopic (exact) mass is 416 g/mol. The summed E-state index contributed by atoms with van der Waals surface area (Å²) < 4.78 is 27.4. The zero-order valence-corrected chi connectivity index (χ0v) is 16.3. The van der Waals surface area contributed by atoms with Gasteiger partial charge in [0.15, 0.2) is 0 Å². The molecule has 1 fully saturated rings. The molecule has 3 aromatic rings. The van der Waals surface area contributed by atoms with Gasteiger partial charge in [-0.2, -0.15) is 0 Å². The van der Waals surface area contributed by atoms with Crippen LogP contribution in [0.2, 0.25) is 0 Å². The zero-order valence-electron chi connectivity index (χ0n) is 16.3. The van der Waals surface area contributed by atoms with E-state index >= 15 is 0 Å². The van der Waals surface area contributed by atoms with Crippen molar-refractivity contribution in [2.75, 3.05) is 5.32 Å². The van der Waals surface area contributed by atoms with E-state index in [1.807, 2.05) is 13.0 Å². The van der Waals surface area contributed by atoms with E-state index in [0.717, 1.165) is 12.0 Å². The molecule has 3 N–H and O–H groups in total. The molecule has 0 spiro atoms. The van der Waals surface area contributed by atoms with E-state index in [1.165, 1.54) is 18.3 Å². The summed E-state index contributed by atoms with van der Waals surface area (Å²) in [7, 11) is 0. The summed E-state index contributed by atoms with van der Waals surface area (Å²) in [6.45, 7) is 1.88. The number of aliphatic hydroxyl groups is 2. The highest BCUT2D eigenvalue weighted by Gasteiger charge is 2.32. The quantitative estimate of drug-likeness (QED) is 0.586. The Kier molecular flexibility index (Phi) is 5.69. The number of aryl methyl sites for hydroxylation is 1. The van der Waals surface area contributed by atoms with Gasteiger partial charge >= 0.3 is 0 Å².